The molecule has 0 aliphatic heterocycles. The van der Waals surface area contributed by atoms with Crippen molar-refractivity contribution in [3.8, 4) is 5.75 Å². The van der Waals surface area contributed by atoms with Crippen LogP contribution in [-0.4, -0.2) is 6.21 Å². The fourth-order valence-corrected chi connectivity index (χ4v) is 3.12. The van der Waals surface area contributed by atoms with Crippen LogP contribution in [-0.2, 0) is 6.61 Å². The monoisotopic (exact) mass is 369 g/mol. The molecule has 28 heavy (non-hydrogen) atoms. The van der Waals surface area contributed by atoms with Crippen LogP contribution in [0, 0.1) is 12.7 Å². The summed E-state index contributed by atoms with van der Waals surface area (Å²) in [4.78, 5) is 4.70. The van der Waals surface area contributed by atoms with E-state index in [1.807, 2.05) is 61.7 Å². The van der Waals surface area contributed by atoms with Gasteiger partial charge in [-0.25, -0.2) is 4.39 Å². The van der Waals surface area contributed by atoms with Gasteiger partial charge < -0.3 is 4.74 Å². The van der Waals surface area contributed by atoms with Gasteiger partial charge in [0.25, 0.3) is 0 Å². The predicted molar refractivity (Wildman–Crippen MR) is 113 cm³/mol. The fourth-order valence-electron chi connectivity index (χ4n) is 3.12. The van der Waals surface area contributed by atoms with Crippen molar-refractivity contribution in [2.24, 2.45) is 4.99 Å². The topological polar surface area (TPSA) is 21.6 Å². The highest BCUT2D eigenvalue weighted by atomic mass is 19.1. The van der Waals surface area contributed by atoms with E-state index in [-0.39, 0.29) is 5.82 Å². The van der Waals surface area contributed by atoms with E-state index in [4.69, 9.17) is 9.73 Å². The summed E-state index contributed by atoms with van der Waals surface area (Å²) in [5.41, 5.74) is 3.90. The molecule has 3 heteroatoms. The van der Waals surface area contributed by atoms with E-state index < -0.39 is 0 Å². The molecule has 0 atom stereocenters. The minimum atomic E-state index is -0.250. The lowest BCUT2D eigenvalue weighted by atomic mass is 10.0. The van der Waals surface area contributed by atoms with Crippen LogP contribution in [0.4, 0.5) is 10.1 Å². The largest absolute Gasteiger partial charge is 0.488 e. The summed E-state index contributed by atoms with van der Waals surface area (Å²) in [6, 6.07) is 26.6. The molecule has 0 aromatic heterocycles. The van der Waals surface area contributed by atoms with E-state index in [0.717, 1.165) is 38.9 Å². The van der Waals surface area contributed by atoms with Crippen molar-refractivity contribution in [1.29, 1.82) is 0 Å². The fraction of sp³-hybridized carbons (Fsp3) is 0.0800. The van der Waals surface area contributed by atoms with Gasteiger partial charge in [-0.05, 0) is 53.1 Å². The molecule has 4 rings (SSSR count). The number of para-hydroxylation sites is 1. The molecular weight excluding hydrogens is 349 g/mol. The Hall–Kier alpha value is -3.46. The minimum Gasteiger partial charge on any atom is -0.488 e. The summed E-state index contributed by atoms with van der Waals surface area (Å²) in [6.07, 6.45) is 1.87. The van der Waals surface area contributed by atoms with Crippen LogP contribution in [0.5, 0.6) is 5.75 Å². The summed E-state index contributed by atoms with van der Waals surface area (Å²) in [5, 5.41) is 2.21. The standard InChI is InChI=1S/C25H20FNO/c1-18-6-2-5-9-24(18)27-16-23-22-8-4-3-7-20(22)12-15-25(23)28-17-19-10-13-21(26)14-11-19/h2-16H,17H2,1H3. The third-order valence-corrected chi connectivity index (χ3v) is 4.69. The highest BCUT2D eigenvalue weighted by molar-refractivity contribution is 6.03. The molecule has 0 heterocycles. The van der Waals surface area contributed by atoms with Gasteiger partial charge in [0.1, 0.15) is 18.2 Å². The zero-order valence-electron chi connectivity index (χ0n) is 15.6. The van der Waals surface area contributed by atoms with Crippen molar-refractivity contribution in [2.75, 3.05) is 0 Å². The Morgan fingerprint density at radius 3 is 2.43 bits per heavy atom. The lowest BCUT2D eigenvalue weighted by Gasteiger charge is -2.12. The molecule has 2 nitrogen and oxygen atoms in total. The van der Waals surface area contributed by atoms with Gasteiger partial charge in [-0.15, -0.1) is 0 Å². The summed E-state index contributed by atoms with van der Waals surface area (Å²) in [6.45, 7) is 2.41. The summed E-state index contributed by atoms with van der Waals surface area (Å²) >= 11 is 0. The lowest BCUT2D eigenvalue weighted by Crippen LogP contribution is -1.99. The Morgan fingerprint density at radius 2 is 1.61 bits per heavy atom. The molecule has 0 saturated heterocycles. The van der Waals surface area contributed by atoms with E-state index >= 15 is 0 Å². The average molecular weight is 369 g/mol. The van der Waals surface area contributed by atoms with Crippen LogP contribution in [0.3, 0.4) is 0 Å². The van der Waals surface area contributed by atoms with Crippen molar-refractivity contribution in [3.63, 3.8) is 0 Å². The number of halogens is 1. The second-order valence-corrected chi connectivity index (χ2v) is 6.66. The maximum Gasteiger partial charge on any atom is 0.129 e. The number of fused-ring (bicyclic) bond motifs is 1. The molecule has 0 radical (unpaired) electrons. The number of nitrogens with zero attached hydrogens (tertiary/aromatic N) is 1. The van der Waals surface area contributed by atoms with E-state index in [9.17, 15) is 4.39 Å². The quantitative estimate of drug-likeness (QED) is 0.362. The Kier molecular flexibility index (Phi) is 5.16. The number of hydrogen-bond acceptors (Lipinski definition) is 2. The maximum absolute atomic E-state index is 13.1. The number of benzene rings is 4. The van der Waals surface area contributed by atoms with Gasteiger partial charge >= 0.3 is 0 Å². The van der Waals surface area contributed by atoms with Crippen LogP contribution in [0.25, 0.3) is 10.8 Å². The first-order valence-electron chi connectivity index (χ1n) is 9.19. The molecule has 0 aliphatic carbocycles. The Balaban J connectivity index is 1.70. The second-order valence-electron chi connectivity index (χ2n) is 6.66. The summed E-state index contributed by atoms with van der Waals surface area (Å²) in [5.74, 6) is 0.501. The Morgan fingerprint density at radius 1 is 0.857 bits per heavy atom. The van der Waals surface area contributed by atoms with Gasteiger partial charge in [0, 0.05) is 11.8 Å². The summed E-state index contributed by atoms with van der Waals surface area (Å²) < 4.78 is 19.2. The molecule has 0 aliphatic rings. The van der Waals surface area contributed by atoms with E-state index in [2.05, 4.69) is 12.1 Å². The molecule has 4 aromatic carbocycles. The Labute approximate surface area is 163 Å². The van der Waals surface area contributed by atoms with Gasteiger partial charge in [0.15, 0.2) is 0 Å². The van der Waals surface area contributed by atoms with Gasteiger partial charge in [-0.3, -0.25) is 4.99 Å². The molecule has 0 bridgehead atoms. The lowest BCUT2D eigenvalue weighted by molar-refractivity contribution is 0.306. The smallest absolute Gasteiger partial charge is 0.129 e. The SMILES string of the molecule is Cc1ccccc1N=Cc1c(OCc2ccc(F)cc2)ccc2ccccc12. The van der Waals surface area contributed by atoms with Crippen LogP contribution >= 0.6 is 0 Å². The first-order valence-corrected chi connectivity index (χ1v) is 9.19. The zero-order valence-corrected chi connectivity index (χ0v) is 15.6. The summed E-state index contributed by atoms with van der Waals surface area (Å²) in [7, 11) is 0. The number of hydrogen-bond donors (Lipinski definition) is 0. The van der Waals surface area contributed by atoms with Crippen LogP contribution < -0.4 is 4.74 Å². The third-order valence-electron chi connectivity index (χ3n) is 4.69. The van der Waals surface area contributed by atoms with Crippen molar-refractivity contribution in [2.45, 2.75) is 13.5 Å². The minimum absolute atomic E-state index is 0.250. The van der Waals surface area contributed by atoms with Crippen LogP contribution in [0.1, 0.15) is 16.7 Å². The molecule has 4 aromatic rings. The normalized spacial score (nSPS) is 11.2. The van der Waals surface area contributed by atoms with E-state index in [1.165, 1.54) is 12.1 Å². The zero-order chi connectivity index (χ0) is 19.3. The highest BCUT2D eigenvalue weighted by Crippen LogP contribution is 2.28. The van der Waals surface area contributed by atoms with Gasteiger partial charge in [0.05, 0.1) is 5.69 Å². The molecular formula is C25H20FNO. The van der Waals surface area contributed by atoms with E-state index in [0.29, 0.717) is 6.61 Å². The van der Waals surface area contributed by atoms with Crippen molar-refractivity contribution in [3.05, 3.63) is 107 Å². The first-order chi connectivity index (χ1) is 13.7. The number of aryl methyl sites for hydroxylation is 1. The Bertz CT molecular complexity index is 1130. The van der Waals surface area contributed by atoms with Crippen molar-refractivity contribution < 1.29 is 9.13 Å². The number of aliphatic imine (C=N–C) groups is 1. The van der Waals surface area contributed by atoms with Gasteiger partial charge in [0.2, 0.25) is 0 Å². The van der Waals surface area contributed by atoms with Crippen LogP contribution in [0.2, 0.25) is 0 Å². The third kappa shape index (κ3) is 3.94. The molecule has 0 saturated carbocycles. The molecule has 0 N–H and O–H groups in total. The van der Waals surface area contributed by atoms with Crippen molar-refractivity contribution >= 4 is 22.7 Å². The van der Waals surface area contributed by atoms with E-state index in [1.54, 1.807) is 12.1 Å². The average Bonchev–Trinajstić information content (AvgIpc) is 2.73. The molecule has 0 spiro atoms. The van der Waals surface area contributed by atoms with Gasteiger partial charge in [-0.1, -0.05) is 60.7 Å². The second kappa shape index (κ2) is 8.05. The number of rotatable bonds is 5. The van der Waals surface area contributed by atoms with Crippen molar-refractivity contribution in [1.82, 2.24) is 0 Å². The molecule has 0 amide bonds. The molecule has 138 valence electrons. The molecule has 0 fully saturated rings. The molecule has 0 unspecified atom stereocenters. The number of ether oxygens (including phenoxy) is 1. The first kappa shape index (κ1) is 17.9. The van der Waals surface area contributed by atoms with Crippen LogP contribution in [0.15, 0.2) is 89.9 Å². The maximum atomic E-state index is 13.1. The predicted octanol–water partition coefficient (Wildman–Crippen LogP) is 6.62. The highest BCUT2D eigenvalue weighted by Gasteiger charge is 2.08. The van der Waals surface area contributed by atoms with Gasteiger partial charge in [-0.2, -0.15) is 0 Å².